The van der Waals surface area contributed by atoms with Gasteiger partial charge in [-0.1, -0.05) is 6.42 Å². The SMILES string of the molecule is C[C@@H]1[C@@H](C(=O)O)CCCCN1c1cncnc1. The van der Waals surface area contributed by atoms with Crippen LogP contribution in [-0.2, 0) is 4.79 Å². The molecule has 1 saturated heterocycles. The van der Waals surface area contributed by atoms with Gasteiger partial charge in [-0.15, -0.1) is 0 Å². The minimum Gasteiger partial charge on any atom is -0.481 e. The van der Waals surface area contributed by atoms with E-state index in [1.807, 2.05) is 6.92 Å². The lowest BCUT2D eigenvalue weighted by atomic mass is 9.96. The molecule has 0 radical (unpaired) electrons. The number of hydrogen-bond donors (Lipinski definition) is 1. The van der Waals surface area contributed by atoms with Gasteiger partial charge in [-0.05, 0) is 19.8 Å². The van der Waals surface area contributed by atoms with Crippen molar-refractivity contribution >= 4 is 11.7 Å². The number of carboxylic acids is 1. The highest BCUT2D eigenvalue weighted by Gasteiger charge is 2.31. The minimum atomic E-state index is -0.707. The zero-order chi connectivity index (χ0) is 12.3. The lowest BCUT2D eigenvalue weighted by Gasteiger charge is -2.31. The first-order valence-corrected chi connectivity index (χ1v) is 5.94. The molecule has 0 amide bonds. The number of carboxylic acid groups (broad SMARTS) is 1. The van der Waals surface area contributed by atoms with E-state index >= 15 is 0 Å². The van der Waals surface area contributed by atoms with E-state index in [-0.39, 0.29) is 12.0 Å². The Bertz CT molecular complexity index is 383. The van der Waals surface area contributed by atoms with E-state index in [4.69, 9.17) is 0 Å². The quantitative estimate of drug-likeness (QED) is 0.842. The number of rotatable bonds is 2. The number of carbonyl (C=O) groups is 1. The first-order chi connectivity index (χ1) is 8.20. The molecule has 92 valence electrons. The highest BCUT2D eigenvalue weighted by molar-refractivity contribution is 5.71. The monoisotopic (exact) mass is 235 g/mol. The van der Waals surface area contributed by atoms with E-state index in [0.717, 1.165) is 31.5 Å². The molecule has 17 heavy (non-hydrogen) atoms. The summed E-state index contributed by atoms with van der Waals surface area (Å²) in [7, 11) is 0. The fourth-order valence-corrected chi connectivity index (χ4v) is 2.44. The molecule has 2 atom stereocenters. The van der Waals surface area contributed by atoms with Crippen LogP contribution >= 0.6 is 0 Å². The highest BCUT2D eigenvalue weighted by atomic mass is 16.4. The van der Waals surface area contributed by atoms with Crippen molar-refractivity contribution in [3.63, 3.8) is 0 Å². The van der Waals surface area contributed by atoms with Gasteiger partial charge in [0.25, 0.3) is 0 Å². The number of aliphatic carboxylic acids is 1. The number of hydrogen-bond acceptors (Lipinski definition) is 4. The molecule has 1 aromatic rings. The van der Waals surface area contributed by atoms with Gasteiger partial charge in [0, 0.05) is 12.6 Å². The Morgan fingerprint density at radius 2 is 2.12 bits per heavy atom. The summed E-state index contributed by atoms with van der Waals surface area (Å²) in [5, 5.41) is 9.24. The topological polar surface area (TPSA) is 66.3 Å². The van der Waals surface area contributed by atoms with Gasteiger partial charge in [0.05, 0.1) is 24.0 Å². The Kier molecular flexibility index (Phi) is 3.56. The highest BCUT2D eigenvalue weighted by Crippen LogP contribution is 2.27. The second kappa shape index (κ2) is 5.12. The van der Waals surface area contributed by atoms with Crippen LogP contribution in [0, 0.1) is 5.92 Å². The molecule has 0 spiro atoms. The Morgan fingerprint density at radius 3 is 2.76 bits per heavy atom. The zero-order valence-corrected chi connectivity index (χ0v) is 9.91. The van der Waals surface area contributed by atoms with Gasteiger partial charge in [-0.25, -0.2) is 9.97 Å². The van der Waals surface area contributed by atoms with Crippen molar-refractivity contribution in [2.75, 3.05) is 11.4 Å². The predicted molar refractivity (Wildman–Crippen MR) is 63.8 cm³/mol. The summed E-state index contributed by atoms with van der Waals surface area (Å²) in [6.45, 7) is 2.84. The number of aromatic nitrogens is 2. The molecule has 1 aromatic heterocycles. The van der Waals surface area contributed by atoms with Crippen LogP contribution < -0.4 is 4.90 Å². The lowest BCUT2D eigenvalue weighted by molar-refractivity contribution is -0.142. The van der Waals surface area contributed by atoms with Crippen LogP contribution in [0.5, 0.6) is 0 Å². The average molecular weight is 235 g/mol. The normalized spacial score (nSPS) is 25.4. The summed E-state index contributed by atoms with van der Waals surface area (Å²) < 4.78 is 0. The van der Waals surface area contributed by atoms with Crippen molar-refractivity contribution in [2.24, 2.45) is 5.92 Å². The second-order valence-electron chi connectivity index (χ2n) is 4.47. The molecule has 0 bridgehead atoms. The third-order valence-corrected chi connectivity index (χ3v) is 3.43. The van der Waals surface area contributed by atoms with Crippen molar-refractivity contribution in [2.45, 2.75) is 32.2 Å². The lowest BCUT2D eigenvalue weighted by Crippen LogP contribution is -2.40. The smallest absolute Gasteiger partial charge is 0.308 e. The summed E-state index contributed by atoms with van der Waals surface area (Å²) in [6, 6.07) is -0.0130. The van der Waals surface area contributed by atoms with Gasteiger partial charge in [-0.3, -0.25) is 4.79 Å². The fourth-order valence-electron chi connectivity index (χ4n) is 2.44. The molecule has 1 fully saturated rings. The molecule has 0 aromatic carbocycles. The predicted octanol–water partition coefficient (Wildman–Crippen LogP) is 1.56. The van der Waals surface area contributed by atoms with Gasteiger partial charge < -0.3 is 10.0 Å². The van der Waals surface area contributed by atoms with E-state index < -0.39 is 5.97 Å². The molecule has 0 unspecified atom stereocenters. The Morgan fingerprint density at radius 1 is 1.41 bits per heavy atom. The summed E-state index contributed by atoms with van der Waals surface area (Å²) in [4.78, 5) is 21.3. The molecule has 0 saturated carbocycles. The summed E-state index contributed by atoms with van der Waals surface area (Å²) in [6.07, 6.45) is 7.71. The van der Waals surface area contributed by atoms with Gasteiger partial charge >= 0.3 is 5.97 Å². The first-order valence-electron chi connectivity index (χ1n) is 5.94. The third kappa shape index (κ3) is 2.54. The molecule has 0 aliphatic carbocycles. The van der Waals surface area contributed by atoms with Crippen LogP contribution in [0.1, 0.15) is 26.2 Å². The standard InChI is InChI=1S/C12H17N3O2/c1-9-11(12(16)17)4-2-3-5-15(9)10-6-13-8-14-7-10/h6-9,11H,2-5H2,1H3,(H,16,17)/t9-,11+/m1/s1. The molecule has 1 aliphatic rings. The van der Waals surface area contributed by atoms with Crippen LogP contribution in [0.25, 0.3) is 0 Å². The molecular weight excluding hydrogens is 218 g/mol. The van der Waals surface area contributed by atoms with Crippen LogP contribution in [0.4, 0.5) is 5.69 Å². The van der Waals surface area contributed by atoms with Crippen LogP contribution in [0.3, 0.4) is 0 Å². The van der Waals surface area contributed by atoms with Gasteiger partial charge in [-0.2, -0.15) is 0 Å². The summed E-state index contributed by atoms with van der Waals surface area (Å²) in [5.41, 5.74) is 0.910. The Balaban J connectivity index is 2.23. The van der Waals surface area contributed by atoms with Crippen molar-refractivity contribution < 1.29 is 9.90 Å². The maximum atomic E-state index is 11.2. The van der Waals surface area contributed by atoms with Crippen LogP contribution in [0.15, 0.2) is 18.7 Å². The molecule has 2 heterocycles. The molecule has 5 heteroatoms. The second-order valence-corrected chi connectivity index (χ2v) is 4.47. The maximum Gasteiger partial charge on any atom is 0.308 e. The van der Waals surface area contributed by atoms with Crippen LogP contribution in [-0.4, -0.2) is 33.6 Å². The molecule has 5 nitrogen and oxygen atoms in total. The van der Waals surface area contributed by atoms with E-state index in [1.54, 1.807) is 12.4 Å². The Hall–Kier alpha value is -1.65. The maximum absolute atomic E-state index is 11.2. The van der Waals surface area contributed by atoms with Crippen molar-refractivity contribution in [3.05, 3.63) is 18.7 Å². The minimum absolute atomic E-state index is 0.0130. The zero-order valence-electron chi connectivity index (χ0n) is 9.91. The van der Waals surface area contributed by atoms with Gasteiger partial charge in [0.15, 0.2) is 0 Å². The fraction of sp³-hybridized carbons (Fsp3) is 0.583. The Labute approximate surface area is 100 Å². The molecular formula is C12H17N3O2. The van der Waals surface area contributed by atoms with Gasteiger partial charge in [0.1, 0.15) is 6.33 Å². The molecule has 2 rings (SSSR count). The number of anilines is 1. The average Bonchev–Trinajstić information content (AvgIpc) is 2.52. The van der Waals surface area contributed by atoms with E-state index in [0.29, 0.717) is 0 Å². The first kappa shape index (κ1) is 11.8. The van der Waals surface area contributed by atoms with Crippen molar-refractivity contribution in [1.29, 1.82) is 0 Å². The van der Waals surface area contributed by atoms with Gasteiger partial charge in [0.2, 0.25) is 0 Å². The van der Waals surface area contributed by atoms with E-state index in [2.05, 4.69) is 14.9 Å². The van der Waals surface area contributed by atoms with E-state index in [1.165, 1.54) is 6.33 Å². The largest absolute Gasteiger partial charge is 0.481 e. The van der Waals surface area contributed by atoms with Crippen molar-refractivity contribution in [1.82, 2.24) is 9.97 Å². The summed E-state index contributed by atoms with van der Waals surface area (Å²) in [5.74, 6) is -1.01. The number of nitrogens with zero attached hydrogens (tertiary/aromatic N) is 3. The third-order valence-electron chi connectivity index (χ3n) is 3.43. The van der Waals surface area contributed by atoms with E-state index in [9.17, 15) is 9.90 Å². The summed E-state index contributed by atoms with van der Waals surface area (Å²) >= 11 is 0. The molecule has 1 N–H and O–H groups in total. The van der Waals surface area contributed by atoms with Crippen LogP contribution in [0.2, 0.25) is 0 Å². The molecule has 1 aliphatic heterocycles. The van der Waals surface area contributed by atoms with Crippen molar-refractivity contribution in [3.8, 4) is 0 Å².